The molecule has 0 aliphatic heterocycles. The largest absolute Gasteiger partial charge is 0.497 e. The Morgan fingerprint density at radius 3 is 2.69 bits per heavy atom. The van der Waals surface area contributed by atoms with Gasteiger partial charge in [0.1, 0.15) is 11.5 Å². The van der Waals surface area contributed by atoms with E-state index in [1.807, 2.05) is 23.6 Å². The number of aromatic nitrogens is 1. The molecule has 1 aromatic carbocycles. The number of benzene rings is 1. The zero-order valence-electron chi connectivity index (χ0n) is 16.3. The molecular formula is C20H21N3O4S2. The summed E-state index contributed by atoms with van der Waals surface area (Å²) in [5.41, 5.74) is 1.56. The van der Waals surface area contributed by atoms with E-state index in [0.29, 0.717) is 23.2 Å². The number of carbonyl (C=O) groups is 2. The summed E-state index contributed by atoms with van der Waals surface area (Å²) in [6.45, 7) is 1.99. The fourth-order valence-corrected chi connectivity index (χ4v) is 4.31. The first kappa shape index (κ1) is 20.8. The van der Waals surface area contributed by atoms with Gasteiger partial charge in [0.15, 0.2) is 5.13 Å². The third-order valence-corrected chi connectivity index (χ3v) is 5.89. The van der Waals surface area contributed by atoms with Crippen LogP contribution in [0.2, 0.25) is 0 Å². The van der Waals surface area contributed by atoms with Crippen molar-refractivity contribution in [3.63, 3.8) is 0 Å². The first-order chi connectivity index (χ1) is 14.0. The van der Waals surface area contributed by atoms with Crippen LogP contribution in [-0.2, 0) is 22.6 Å². The van der Waals surface area contributed by atoms with E-state index >= 15 is 0 Å². The van der Waals surface area contributed by atoms with Gasteiger partial charge in [-0.05, 0) is 18.2 Å². The second-order valence-corrected chi connectivity index (χ2v) is 8.14. The van der Waals surface area contributed by atoms with Gasteiger partial charge < -0.3 is 20.1 Å². The number of thiophene rings is 1. The molecule has 152 valence electrons. The summed E-state index contributed by atoms with van der Waals surface area (Å²) < 4.78 is 10.5. The number of hydrogen-bond donors (Lipinski definition) is 2. The van der Waals surface area contributed by atoms with Crippen molar-refractivity contribution in [2.75, 3.05) is 19.5 Å². The van der Waals surface area contributed by atoms with E-state index < -0.39 is 0 Å². The summed E-state index contributed by atoms with van der Waals surface area (Å²) >= 11 is 2.93. The molecule has 0 spiro atoms. The summed E-state index contributed by atoms with van der Waals surface area (Å²) in [4.78, 5) is 30.0. The quantitative estimate of drug-likeness (QED) is 0.568. The van der Waals surface area contributed by atoms with Crippen molar-refractivity contribution in [1.29, 1.82) is 0 Å². The topological polar surface area (TPSA) is 89.5 Å². The van der Waals surface area contributed by atoms with Crippen LogP contribution in [-0.4, -0.2) is 31.0 Å². The van der Waals surface area contributed by atoms with Crippen LogP contribution in [0, 0.1) is 0 Å². The summed E-state index contributed by atoms with van der Waals surface area (Å²) in [5, 5.41) is 8.05. The Hall–Kier alpha value is -2.91. The number of thiazole rings is 1. The second-order valence-electron chi connectivity index (χ2n) is 6.12. The average molecular weight is 432 g/mol. The molecular weight excluding hydrogens is 410 g/mol. The third-order valence-electron chi connectivity index (χ3n) is 4.02. The maximum atomic E-state index is 12.4. The predicted octanol–water partition coefficient (Wildman–Crippen LogP) is 3.71. The third kappa shape index (κ3) is 5.55. The molecule has 2 heterocycles. The van der Waals surface area contributed by atoms with Crippen LogP contribution in [0.5, 0.6) is 11.5 Å². The number of nitrogens with one attached hydrogen (secondary N) is 2. The first-order valence-electron chi connectivity index (χ1n) is 8.78. The average Bonchev–Trinajstić information content (AvgIpc) is 3.36. The van der Waals surface area contributed by atoms with Gasteiger partial charge in [-0.2, -0.15) is 0 Å². The van der Waals surface area contributed by atoms with Crippen LogP contribution in [0.1, 0.15) is 17.4 Å². The van der Waals surface area contributed by atoms with Crippen molar-refractivity contribution in [3.05, 3.63) is 46.2 Å². The van der Waals surface area contributed by atoms with Gasteiger partial charge in [-0.15, -0.1) is 22.7 Å². The minimum Gasteiger partial charge on any atom is -0.497 e. The highest BCUT2D eigenvalue weighted by molar-refractivity contribution is 7.17. The number of carbonyl (C=O) groups excluding carboxylic acids is 2. The van der Waals surface area contributed by atoms with E-state index in [2.05, 4.69) is 15.6 Å². The van der Waals surface area contributed by atoms with Crippen molar-refractivity contribution >= 4 is 39.6 Å². The summed E-state index contributed by atoms with van der Waals surface area (Å²) in [6.07, 6.45) is 0.169. The number of amides is 2. The van der Waals surface area contributed by atoms with E-state index in [1.54, 1.807) is 37.7 Å². The molecule has 0 atom stereocenters. The molecule has 0 aliphatic carbocycles. The van der Waals surface area contributed by atoms with E-state index in [-0.39, 0.29) is 18.2 Å². The Labute approximate surface area is 176 Å². The van der Waals surface area contributed by atoms with E-state index in [4.69, 9.17) is 9.47 Å². The Morgan fingerprint density at radius 1 is 1.14 bits per heavy atom. The van der Waals surface area contributed by atoms with Gasteiger partial charge in [0.25, 0.3) is 0 Å². The molecule has 0 aliphatic rings. The molecule has 0 unspecified atom stereocenters. The standard InChI is InChI=1S/C20H21N3O4S2/c1-12(24)21-10-15-6-7-18(29-15)16-11-28-20(22-16)23-19(25)8-13-4-5-14(26-2)9-17(13)27-3/h4-7,9,11H,8,10H2,1-3H3,(H,21,24)(H,22,23,25). The lowest BCUT2D eigenvalue weighted by atomic mass is 10.1. The maximum Gasteiger partial charge on any atom is 0.230 e. The summed E-state index contributed by atoms with van der Waals surface area (Å²) in [5.74, 6) is 1.04. The monoisotopic (exact) mass is 431 g/mol. The van der Waals surface area contributed by atoms with Gasteiger partial charge in [-0.1, -0.05) is 6.07 Å². The lowest BCUT2D eigenvalue weighted by Crippen LogP contribution is -2.17. The maximum absolute atomic E-state index is 12.4. The van der Waals surface area contributed by atoms with Gasteiger partial charge in [0.2, 0.25) is 11.8 Å². The normalized spacial score (nSPS) is 10.4. The van der Waals surface area contributed by atoms with E-state index in [0.717, 1.165) is 21.0 Å². The van der Waals surface area contributed by atoms with Crippen molar-refractivity contribution in [3.8, 4) is 22.1 Å². The summed E-state index contributed by atoms with van der Waals surface area (Å²) in [7, 11) is 3.14. The van der Waals surface area contributed by atoms with Crippen molar-refractivity contribution in [1.82, 2.24) is 10.3 Å². The SMILES string of the molecule is COc1ccc(CC(=O)Nc2nc(-c3ccc(CNC(C)=O)s3)cs2)c(OC)c1. The molecule has 3 rings (SSSR count). The molecule has 2 amide bonds. The minimum absolute atomic E-state index is 0.0629. The highest BCUT2D eigenvalue weighted by Crippen LogP contribution is 2.31. The zero-order valence-corrected chi connectivity index (χ0v) is 17.9. The van der Waals surface area contributed by atoms with Crippen molar-refractivity contribution in [2.45, 2.75) is 19.9 Å². The minimum atomic E-state index is -0.174. The van der Waals surface area contributed by atoms with Crippen LogP contribution < -0.4 is 20.1 Å². The van der Waals surface area contributed by atoms with Gasteiger partial charge in [0, 0.05) is 28.8 Å². The van der Waals surface area contributed by atoms with E-state index in [9.17, 15) is 9.59 Å². The fraction of sp³-hybridized carbons (Fsp3) is 0.250. The Kier molecular flexibility index (Phi) is 6.84. The van der Waals surface area contributed by atoms with E-state index in [1.165, 1.54) is 18.3 Å². The predicted molar refractivity (Wildman–Crippen MR) is 115 cm³/mol. The van der Waals surface area contributed by atoms with Gasteiger partial charge in [-0.3, -0.25) is 9.59 Å². The molecule has 0 radical (unpaired) electrons. The molecule has 0 bridgehead atoms. The number of nitrogens with zero attached hydrogens (tertiary/aromatic N) is 1. The number of ether oxygens (including phenoxy) is 2. The molecule has 0 fully saturated rings. The molecule has 0 saturated heterocycles. The smallest absolute Gasteiger partial charge is 0.230 e. The number of rotatable bonds is 8. The van der Waals surface area contributed by atoms with Crippen LogP contribution >= 0.6 is 22.7 Å². The van der Waals surface area contributed by atoms with Crippen molar-refractivity contribution < 1.29 is 19.1 Å². The molecule has 0 saturated carbocycles. The van der Waals surface area contributed by atoms with Crippen LogP contribution in [0.15, 0.2) is 35.7 Å². The Bertz CT molecular complexity index is 1010. The highest BCUT2D eigenvalue weighted by atomic mass is 32.1. The first-order valence-corrected chi connectivity index (χ1v) is 10.5. The number of anilines is 1. The molecule has 29 heavy (non-hydrogen) atoms. The van der Waals surface area contributed by atoms with Gasteiger partial charge >= 0.3 is 0 Å². The van der Waals surface area contributed by atoms with Crippen LogP contribution in [0.4, 0.5) is 5.13 Å². The number of hydrogen-bond acceptors (Lipinski definition) is 7. The zero-order chi connectivity index (χ0) is 20.8. The molecule has 2 N–H and O–H groups in total. The van der Waals surface area contributed by atoms with Crippen LogP contribution in [0.25, 0.3) is 10.6 Å². The number of methoxy groups -OCH3 is 2. The van der Waals surface area contributed by atoms with Gasteiger partial charge in [0.05, 0.1) is 37.8 Å². The highest BCUT2D eigenvalue weighted by Gasteiger charge is 2.13. The lowest BCUT2D eigenvalue weighted by Gasteiger charge is -2.10. The van der Waals surface area contributed by atoms with Crippen molar-refractivity contribution in [2.24, 2.45) is 0 Å². The van der Waals surface area contributed by atoms with Gasteiger partial charge in [-0.25, -0.2) is 4.98 Å². The fourth-order valence-electron chi connectivity index (χ4n) is 2.60. The Balaban J connectivity index is 1.63. The second kappa shape index (κ2) is 9.53. The molecule has 7 nitrogen and oxygen atoms in total. The lowest BCUT2D eigenvalue weighted by molar-refractivity contribution is -0.119. The Morgan fingerprint density at radius 2 is 1.97 bits per heavy atom. The molecule has 9 heteroatoms. The molecule has 3 aromatic rings. The summed E-state index contributed by atoms with van der Waals surface area (Å²) in [6, 6.07) is 9.28. The van der Waals surface area contributed by atoms with Crippen LogP contribution in [0.3, 0.4) is 0 Å². The molecule has 2 aromatic heterocycles.